The molecule has 0 spiro atoms. The van der Waals surface area contributed by atoms with Crippen molar-refractivity contribution in [1.29, 1.82) is 0 Å². The van der Waals surface area contributed by atoms with E-state index < -0.39 is 0 Å². The Morgan fingerprint density at radius 3 is 2.79 bits per heavy atom. The fourth-order valence-corrected chi connectivity index (χ4v) is 2.24. The maximum absolute atomic E-state index is 11.7. The molecule has 2 unspecified atom stereocenters. The topological polar surface area (TPSA) is 55.8 Å². The van der Waals surface area contributed by atoms with Crippen molar-refractivity contribution in [3.05, 3.63) is 29.8 Å². The van der Waals surface area contributed by atoms with Gasteiger partial charge in [0.15, 0.2) is 0 Å². The first-order valence-electron chi connectivity index (χ1n) is 6.20. The van der Waals surface area contributed by atoms with Crippen molar-refractivity contribution in [2.75, 3.05) is 7.05 Å². The first kappa shape index (κ1) is 13.4. The molecule has 19 heavy (non-hydrogen) atoms. The number of hydrogen-bond donors (Lipinski definition) is 0. The molecule has 2 rings (SSSR count). The Labute approximate surface area is 112 Å². The molecule has 1 amide bonds. The quantitative estimate of drug-likeness (QED) is 0.607. The number of amides is 1. The Balaban J connectivity index is 2.34. The average Bonchev–Trinajstić information content (AvgIpc) is 2.34. The molecule has 2 atom stereocenters. The molecule has 0 radical (unpaired) electrons. The van der Waals surface area contributed by atoms with E-state index in [1.165, 1.54) is 11.8 Å². The summed E-state index contributed by atoms with van der Waals surface area (Å²) in [6, 6.07) is 7.11. The molecule has 102 valence electrons. The first-order chi connectivity index (χ1) is 8.99. The molecule has 0 aliphatic carbocycles. The summed E-state index contributed by atoms with van der Waals surface area (Å²) >= 11 is 0. The van der Waals surface area contributed by atoms with Crippen LogP contribution in [0.1, 0.15) is 31.9 Å². The molecule has 0 aromatic heterocycles. The van der Waals surface area contributed by atoms with Crippen LogP contribution in [0.15, 0.2) is 24.3 Å². The SMILES string of the molecule is CC(=O)Oc1ccccc1C1CC(C)OC(=O)N1C. The Kier molecular flexibility index (Phi) is 3.74. The van der Waals surface area contributed by atoms with E-state index in [1.807, 2.05) is 19.1 Å². The van der Waals surface area contributed by atoms with Crippen LogP contribution >= 0.6 is 0 Å². The molecule has 1 aromatic rings. The largest absolute Gasteiger partial charge is 0.446 e. The summed E-state index contributed by atoms with van der Waals surface area (Å²) in [5.74, 6) is 0.121. The van der Waals surface area contributed by atoms with Crippen molar-refractivity contribution in [3.8, 4) is 5.75 Å². The molecule has 5 heteroatoms. The van der Waals surface area contributed by atoms with Gasteiger partial charge in [-0.15, -0.1) is 0 Å². The second kappa shape index (κ2) is 5.30. The Morgan fingerprint density at radius 2 is 2.11 bits per heavy atom. The smallest absolute Gasteiger partial charge is 0.410 e. The molecule has 0 saturated carbocycles. The van der Waals surface area contributed by atoms with Gasteiger partial charge in [0.25, 0.3) is 0 Å². The summed E-state index contributed by atoms with van der Waals surface area (Å²) in [5, 5.41) is 0. The van der Waals surface area contributed by atoms with Gasteiger partial charge >= 0.3 is 12.1 Å². The van der Waals surface area contributed by atoms with Crippen LogP contribution in [0.25, 0.3) is 0 Å². The summed E-state index contributed by atoms with van der Waals surface area (Å²) in [7, 11) is 1.68. The van der Waals surface area contributed by atoms with Crippen LogP contribution in [-0.4, -0.2) is 30.1 Å². The molecule has 5 nitrogen and oxygen atoms in total. The van der Waals surface area contributed by atoms with Gasteiger partial charge in [-0.25, -0.2) is 4.79 Å². The van der Waals surface area contributed by atoms with Gasteiger partial charge in [0.1, 0.15) is 11.9 Å². The lowest BCUT2D eigenvalue weighted by molar-refractivity contribution is -0.131. The second-order valence-electron chi connectivity index (χ2n) is 4.69. The van der Waals surface area contributed by atoms with Gasteiger partial charge in [0, 0.05) is 26.0 Å². The third-order valence-electron chi connectivity index (χ3n) is 3.14. The molecule has 1 aliphatic rings. The second-order valence-corrected chi connectivity index (χ2v) is 4.69. The lowest BCUT2D eigenvalue weighted by Gasteiger charge is -2.36. The number of cyclic esters (lactones) is 1. The van der Waals surface area contributed by atoms with Crippen LogP contribution in [0, 0.1) is 0 Å². The number of carbonyl (C=O) groups excluding carboxylic acids is 2. The van der Waals surface area contributed by atoms with E-state index >= 15 is 0 Å². The molecular formula is C14H17NO4. The highest BCUT2D eigenvalue weighted by Gasteiger charge is 2.33. The summed E-state index contributed by atoms with van der Waals surface area (Å²) in [5.41, 5.74) is 0.823. The number of rotatable bonds is 2. The Hall–Kier alpha value is -2.04. The minimum absolute atomic E-state index is 0.146. The number of esters is 1. The lowest BCUT2D eigenvalue weighted by atomic mass is 9.98. The van der Waals surface area contributed by atoms with Crippen molar-refractivity contribution in [2.45, 2.75) is 32.4 Å². The van der Waals surface area contributed by atoms with E-state index in [1.54, 1.807) is 19.2 Å². The van der Waals surface area contributed by atoms with Gasteiger partial charge in [-0.3, -0.25) is 4.79 Å². The van der Waals surface area contributed by atoms with Gasteiger partial charge in [0.2, 0.25) is 0 Å². The van der Waals surface area contributed by atoms with Crippen LogP contribution in [0.4, 0.5) is 4.79 Å². The van der Waals surface area contributed by atoms with Crippen molar-refractivity contribution < 1.29 is 19.1 Å². The van der Waals surface area contributed by atoms with E-state index in [2.05, 4.69) is 0 Å². The van der Waals surface area contributed by atoms with E-state index in [0.717, 1.165) is 5.56 Å². The third kappa shape index (κ3) is 2.86. The molecule has 0 N–H and O–H groups in total. The number of hydrogen-bond acceptors (Lipinski definition) is 4. The zero-order chi connectivity index (χ0) is 14.0. The minimum Gasteiger partial charge on any atom is -0.446 e. The van der Waals surface area contributed by atoms with E-state index in [9.17, 15) is 9.59 Å². The zero-order valence-electron chi connectivity index (χ0n) is 11.3. The van der Waals surface area contributed by atoms with Crippen molar-refractivity contribution in [3.63, 3.8) is 0 Å². The van der Waals surface area contributed by atoms with Crippen LogP contribution in [0.2, 0.25) is 0 Å². The monoisotopic (exact) mass is 263 g/mol. The molecule has 1 saturated heterocycles. The predicted octanol–water partition coefficient (Wildman–Crippen LogP) is 2.51. The third-order valence-corrected chi connectivity index (χ3v) is 3.14. The predicted molar refractivity (Wildman–Crippen MR) is 68.8 cm³/mol. The fourth-order valence-electron chi connectivity index (χ4n) is 2.24. The van der Waals surface area contributed by atoms with Crippen molar-refractivity contribution in [2.24, 2.45) is 0 Å². The minimum atomic E-state index is -0.374. The van der Waals surface area contributed by atoms with Gasteiger partial charge in [0.05, 0.1) is 6.04 Å². The molecule has 1 heterocycles. The number of benzene rings is 1. The fraction of sp³-hybridized carbons (Fsp3) is 0.429. The zero-order valence-corrected chi connectivity index (χ0v) is 11.3. The standard InChI is InChI=1S/C14H17NO4/c1-9-8-12(15(3)14(17)18-9)11-6-4-5-7-13(11)19-10(2)16/h4-7,9,12H,8H2,1-3H3. The van der Waals surface area contributed by atoms with Crippen LogP contribution in [0.3, 0.4) is 0 Å². The Morgan fingerprint density at radius 1 is 1.42 bits per heavy atom. The molecular weight excluding hydrogens is 246 g/mol. The highest BCUT2D eigenvalue weighted by molar-refractivity contribution is 5.71. The van der Waals surface area contributed by atoms with Gasteiger partial charge in [-0.05, 0) is 13.0 Å². The highest BCUT2D eigenvalue weighted by atomic mass is 16.6. The van der Waals surface area contributed by atoms with Gasteiger partial charge in [-0.2, -0.15) is 0 Å². The molecule has 0 bridgehead atoms. The average molecular weight is 263 g/mol. The number of ether oxygens (including phenoxy) is 2. The van der Waals surface area contributed by atoms with Gasteiger partial charge < -0.3 is 14.4 Å². The van der Waals surface area contributed by atoms with Crippen LogP contribution in [0.5, 0.6) is 5.75 Å². The van der Waals surface area contributed by atoms with E-state index in [4.69, 9.17) is 9.47 Å². The highest BCUT2D eigenvalue weighted by Crippen LogP contribution is 2.35. The summed E-state index contributed by atoms with van der Waals surface area (Å²) in [6.07, 6.45) is 0.154. The maximum atomic E-state index is 11.7. The lowest BCUT2D eigenvalue weighted by Crippen LogP contribution is -2.41. The molecule has 1 aromatic carbocycles. The van der Waals surface area contributed by atoms with Crippen LogP contribution in [-0.2, 0) is 9.53 Å². The van der Waals surface area contributed by atoms with Gasteiger partial charge in [-0.1, -0.05) is 18.2 Å². The van der Waals surface area contributed by atoms with Crippen LogP contribution < -0.4 is 4.74 Å². The normalized spacial score (nSPS) is 22.9. The number of carbonyl (C=O) groups is 2. The van der Waals surface area contributed by atoms with E-state index in [-0.39, 0.29) is 24.2 Å². The van der Waals surface area contributed by atoms with E-state index in [0.29, 0.717) is 12.2 Å². The number of para-hydroxylation sites is 1. The maximum Gasteiger partial charge on any atom is 0.410 e. The molecule has 1 aliphatic heterocycles. The van der Waals surface area contributed by atoms with Crippen molar-refractivity contribution >= 4 is 12.1 Å². The van der Waals surface area contributed by atoms with Crippen molar-refractivity contribution in [1.82, 2.24) is 4.90 Å². The summed E-state index contributed by atoms with van der Waals surface area (Å²) < 4.78 is 10.4. The Bertz CT molecular complexity index is 500. The first-order valence-corrected chi connectivity index (χ1v) is 6.20. The summed E-state index contributed by atoms with van der Waals surface area (Å²) in [4.78, 5) is 24.4. The summed E-state index contributed by atoms with van der Waals surface area (Å²) in [6.45, 7) is 3.21. The number of nitrogens with zero attached hydrogens (tertiary/aromatic N) is 1. The molecule has 1 fully saturated rings.